The lowest BCUT2D eigenvalue weighted by Crippen LogP contribution is -2.22. The highest BCUT2D eigenvalue weighted by Gasteiger charge is 2.21. The summed E-state index contributed by atoms with van der Waals surface area (Å²) in [6.45, 7) is 4.85. The average molecular weight is 407 g/mol. The second kappa shape index (κ2) is 7.35. The van der Waals surface area contributed by atoms with Gasteiger partial charge in [-0.05, 0) is 56.5 Å². The summed E-state index contributed by atoms with van der Waals surface area (Å²) in [7, 11) is 0. The zero-order valence-electron chi connectivity index (χ0n) is 14.6. The van der Waals surface area contributed by atoms with Crippen molar-refractivity contribution in [3.8, 4) is 5.69 Å². The van der Waals surface area contributed by atoms with Gasteiger partial charge in [-0.1, -0.05) is 23.4 Å². The van der Waals surface area contributed by atoms with Crippen LogP contribution in [-0.4, -0.2) is 28.0 Å². The fourth-order valence-corrected chi connectivity index (χ4v) is 5.41. The molecule has 26 heavy (non-hydrogen) atoms. The van der Waals surface area contributed by atoms with Gasteiger partial charge in [0.15, 0.2) is 5.16 Å². The van der Waals surface area contributed by atoms with Crippen molar-refractivity contribution < 1.29 is 4.74 Å². The van der Waals surface area contributed by atoms with Crippen LogP contribution in [0.2, 0.25) is 5.02 Å². The first-order valence-corrected chi connectivity index (χ1v) is 10.8. The lowest BCUT2D eigenvalue weighted by atomic mass is 10.2. The number of rotatable bonds is 4. The Hall–Kier alpha value is -1.34. The van der Waals surface area contributed by atoms with Crippen molar-refractivity contribution in [2.75, 3.05) is 12.4 Å². The van der Waals surface area contributed by atoms with E-state index in [0.717, 1.165) is 46.2 Å². The fourth-order valence-electron chi connectivity index (χ4n) is 3.13. The third-order valence-corrected chi connectivity index (χ3v) is 7.10. The minimum Gasteiger partial charge on any atom is -0.377 e. The van der Waals surface area contributed by atoms with Crippen LogP contribution in [0.15, 0.2) is 34.2 Å². The van der Waals surface area contributed by atoms with Crippen molar-refractivity contribution in [2.45, 2.75) is 37.9 Å². The van der Waals surface area contributed by atoms with Crippen LogP contribution in [0.3, 0.4) is 0 Å². The smallest absolute Gasteiger partial charge is 0.267 e. The number of fused-ring (bicyclic) bond motifs is 1. The fraction of sp³-hybridized carbons (Fsp3) is 0.368. The minimum absolute atomic E-state index is 0.0194. The maximum absolute atomic E-state index is 13.3. The molecule has 2 aromatic heterocycles. The van der Waals surface area contributed by atoms with Crippen molar-refractivity contribution >= 4 is 44.9 Å². The van der Waals surface area contributed by atoms with E-state index in [9.17, 15) is 4.79 Å². The first-order valence-electron chi connectivity index (χ1n) is 8.57. The molecule has 7 heteroatoms. The van der Waals surface area contributed by atoms with E-state index < -0.39 is 0 Å². The number of hydrogen-bond donors (Lipinski definition) is 0. The summed E-state index contributed by atoms with van der Waals surface area (Å²) in [5.74, 6) is 0.800. The molecule has 1 fully saturated rings. The number of ether oxygens (including phenoxy) is 1. The summed E-state index contributed by atoms with van der Waals surface area (Å²) in [6.07, 6.45) is 2.40. The summed E-state index contributed by atoms with van der Waals surface area (Å²) < 4.78 is 7.43. The molecular weight excluding hydrogens is 388 g/mol. The number of aromatic nitrogens is 2. The van der Waals surface area contributed by atoms with Gasteiger partial charge in [-0.15, -0.1) is 11.3 Å². The molecule has 136 valence electrons. The SMILES string of the molecule is Cc1sc2nc(SC[C@@H]3CCCO3)n(-c3ccc(Cl)cc3)c(=O)c2c1C. The van der Waals surface area contributed by atoms with Crippen molar-refractivity contribution in [3.05, 3.63) is 50.1 Å². The van der Waals surface area contributed by atoms with Crippen molar-refractivity contribution in [2.24, 2.45) is 0 Å². The van der Waals surface area contributed by atoms with Gasteiger partial charge >= 0.3 is 0 Å². The number of benzene rings is 1. The Morgan fingerprint density at radius 1 is 1.35 bits per heavy atom. The minimum atomic E-state index is -0.0194. The summed E-state index contributed by atoms with van der Waals surface area (Å²) in [4.78, 5) is 20.1. The zero-order chi connectivity index (χ0) is 18.3. The summed E-state index contributed by atoms with van der Waals surface area (Å²) in [6, 6.07) is 7.32. The molecule has 0 unspecified atom stereocenters. The Balaban J connectivity index is 1.85. The predicted molar refractivity (Wildman–Crippen MR) is 109 cm³/mol. The van der Waals surface area contributed by atoms with Gasteiger partial charge in [0, 0.05) is 22.3 Å². The third-order valence-electron chi connectivity index (χ3n) is 4.68. The normalized spacial score (nSPS) is 17.3. The number of aryl methyl sites for hydroxylation is 2. The van der Waals surface area contributed by atoms with Gasteiger partial charge in [-0.25, -0.2) is 4.98 Å². The van der Waals surface area contributed by atoms with Gasteiger partial charge in [0.05, 0.1) is 17.2 Å². The average Bonchev–Trinajstić information content (AvgIpc) is 3.23. The van der Waals surface area contributed by atoms with E-state index in [2.05, 4.69) is 0 Å². The van der Waals surface area contributed by atoms with Crippen LogP contribution in [0.25, 0.3) is 15.9 Å². The molecule has 0 bridgehead atoms. The van der Waals surface area contributed by atoms with Crippen molar-refractivity contribution in [3.63, 3.8) is 0 Å². The zero-order valence-corrected chi connectivity index (χ0v) is 17.0. The molecule has 4 nitrogen and oxygen atoms in total. The van der Waals surface area contributed by atoms with E-state index in [1.165, 1.54) is 0 Å². The lowest BCUT2D eigenvalue weighted by Gasteiger charge is -2.14. The van der Waals surface area contributed by atoms with Crippen molar-refractivity contribution in [1.82, 2.24) is 9.55 Å². The molecule has 1 aliphatic rings. The maximum atomic E-state index is 13.3. The summed E-state index contributed by atoms with van der Waals surface area (Å²) in [5, 5.41) is 2.07. The van der Waals surface area contributed by atoms with Crippen LogP contribution in [0.1, 0.15) is 23.3 Å². The maximum Gasteiger partial charge on any atom is 0.267 e. The van der Waals surface area contributed by atoms with E-state index >= 15 is 0 Å². The van der Waals surface area contributed by atoms with Gasteiger partial charge in [0.1, 0.15) is 4.83 Å². The van der Waals surface area contributed by atoms with E-state index in [1.807, 2.05) is 26.0 Å². The monoisotopic (exact) mass is 406 g/mol. The standard InChI is InChI=1S/C19H19ClN2O2S2/c1-11-12(2)26-17-16(11)18(23)22(14-7-5-13(20)6-8-14)19(21-17)25-10-15-4-3-9-24-15/h5-8,15H,3-4,9-10H2,1-2H3/t15-/m0/s1. The number of nitrogens with zero attached hydrogens (tertiary/aromatic N) is 2. The van der Waals surface area contributed by atoms with Crippen LogP contribution in [0.5, 0.6) is 0 Å². The molecule has 1 aromatic carbocycles. The van der Waals surface area contributed by atoms with Crippen LogP contribution in [0.4, 0.5) is 0 Å². The molecule has 1 saturated heterocycles. The van der Waals surface area contributed by atoms with Crippen molar-refractivity contribution in [1.29, 1.82) is 0 Å². The Bertz CT molecular complexity index is 1010. The molecule has 0 radical (unpaired) electrons. The Morgan fingerprint density at radius 3 is 2.81 bits per heavy atom. The van der Waals surface area contributed by atoms with Crippen LogP contribution < -0.4 is 5.56 Å². The van der Waals surface area contributed by atoms with Gasteiger partial charge in [0.25, 0.3) is 5.56 Å². The van der Waals surface area contributed by atoms with Gasteiger partial charge < -0.3 is 4.74 Å². The number of thioether (sulfide) groups is 1. The van der Waals surface area contributed by atoms with E-state index in [1.54, 1.807) is 39.8 Å². The Morgan fingerprint density at radius 2 is 2.12 bits per heavy atom. The highest BCUT2D eigenvalue weighted by atomic mass is 35.5. The molecule has 0 spiro atoms. The molecule has 0 saturated carbocycles. The lowest BCUT2D eigenvalue weighted by molar-refractivity contribution is 0.129. The quantitative estimate of drug-likeness (QED) is 0.452. The first-order chi connectivity index (χ1) is 12.5. The van der Waals surface area contributed by atoms with E-state index in [0.29, 0.717) is 15.6 Å². The highest BCUT2D eigenvalue weighted by molar-refractivity contribution is 7.99. The third kappa shape index (κ3) is 3.31. The second-order valence-corrected chi connectivity index (χ2v) is 9.05. The number of halogens is 1. The van der Waals surface area contributed by atoms with Gasteiger partial charge in [-0.2, -0.15) is 0 Å². The summed E-state index contributed by atoms with van der Waals surface area (Å²) >= 11 is 9.20. The molecule has 3 aromatic rings. The number of thiophene rings is 1. The molecular formula is C19H19ClN2O2S2. The molecule has 1 atom stereocenters. The first kappa shape index (κ1) is 18.0. The van der Waals surface area contributed by atoms with E-state index in [-0.39, 0.29) is 11.7 Å². The van der Waals surface area contributed by atoms with Crippen LogP contribution in [-0.2, 0) is 4.74 Å². The molecule has 3 heterocycles. The van der Waals surface area contributed by atoms with Crippen LogP contribution >= 0.6 is 34.7 Å². The van der Waals surface area contributed by atoms with Gasteiger partial charge in [-0.3, -0.25) is 9.36 Å². The Labute approximate surface area is 165 Å². The molecule has 0 N–H and O–H groups in total. The summed E-state index contributed by atoms with van der Waals surface area (Å²) in [5.41, 5.74) is 1.78. The molecule has 0 amide bonds. The van der Waals surface area contributed by atoms with Gasteiger partial charge in [0.2, 0.25) is 0 Å². The number of hydrogen-bond acceptors (Lipinski definition) is 5. The van der Waals surface area contributed by atoms with Crippen LogP contribution in [0, 0.1) is 13.8 Å². The largest absolute Gasteiger partial charge is 0.377 e. The van der Waals surface area contributed by atoms with E-state index in [4.69, 9.17) is 21.3 Å². The molecule has 1 aliphatic heterocycles. The molecule has 0 aliphatic carbocycles. The highest BCUT2D eigenvalue weighted by Crippen LogP contribution is 2.30. The Kier molecular flexibility index (Phi) is 5.10. The second-order valence-electron chi connectivity index (χ2n) is 6.42. The molecule has 4 rings (SSSR count). The predicted octanol–water partition coefficient (Wildman–Crippen LogP) is 4.99. The topological polar surface area (TPSA) is 44.1 Å².